The van der Waals surface area contributed by atoms with Gasteiger partial charge >= 0.3 is 15.4 Å². The number of rotatable bonds is 5. The largest absolute Gasteiger partial charge is 0.392 e. The predicted molar refractivity (Wildman–Crippen MR) is 69.8 cm³/mol. The Kier molecular flexibility index (Phi) is 3.46. The van der Waals surface area contributed by atoms with Gasteiger partial charge in [0, 0.05) is 11.8 Å². The Hall–Kier alpha value is -0.640. The third kappa shape index (κ3) is 2.57. The molecule has 4 saturated carbocycles. The van der Waals surface area contributed by atoms with E-state index in [1.165, 1.54) is 0 Å². The summed E-state index contributed by atoms with van der Waals surface area (Å²) in [5.41, 5.74) is -1.52. The van der Waals surface area contributed by atoms with Crippen LogP contribution in [-0.2, 0) is 19.6 Å². The molecule has 0 aromatic carbocycles. The maximum atomic E-state index is 13.2. The van der Waals surface area contributed by atoms with E-state index in [0.717, 1.165) is 0 Å². The first-order valence-corrected chi connectivity index (χ1v) is 8.58. The van der Waals surface area contributed by atoms with Gasteiger partial charge in [-0.3, -0.25) is 9.35 Å². The summed E-state index contributed by atoms with van der Waals surface area (Å²) >= 11 is 0. The summed E-state index contributed by atoms with van der Waals surface area (Å²) in [6, 6.07) is 0. The fourth-order valence-corrected chi connectivity index (χ4v) is 4.86. The quantitative estimate of drug-likeness (QED) is 0.724. The van der Waals surface area contributed by atoms with Crippen LogP contribution in [0.15, 0.2) is 0 Å². The van der Waals surface area contributed by atoms with Crippen LogP contribution in [0, 0.1) is 17.3 Å². The van der Waals surface area contributed by atoms with Crippen molar-refractivity contribution in [3.05, 3.63) is 0 Å². The van der Waals surface area contributed by atoms with E-state index in [9.17, 15) is 27.1 Å². The lowest BCUT2D eigenvalue weighted by molar-refractivity contribution is -0.190. The lowest BCUT2D eigenvalue weighted by Crippen LogP contribution is -2.60. The van der Waals surface area contributed by atoms with Crippen molar-refractivity contribution < 1.29 is 36.4 Å². The number of ether oxygens (including phenoxy) is 1. The molecule has 2 N–H and O–H groups in total. The Balaban J connectivity index is 1.68. The van der Waals surface area contributed by atoms with E-state index >= 15 is 0 Å². The van der Waals surface area contributed by atoms with E-state index < -0.39 is 33.0 Å². The predicted octanol–water partition coefficient (Wildman–Crippen LogP) is 0.994. The maximum absolute atomic E-state index is 13.2. The average Bonchev–Trinajstić information content (AvgIpc) is 2.31. The van der Waals surface area contributed by atoms with Crippen LogP contribution in [0.3, 0.4) is 0 Å². The second kappa shape index (κ2) is 4.68. The minimum Gasteiger partial charge on any atom is -0.390 e. The van der Waals surface area contributed by atoms with Gasteiger partial charge in [0.1, 0.15) is 12.4 Å². The summed E-state index contributed by atoms with van der Waals surface area (Å²) in [6.07, 6.45) is 2.14. The number of aliphatic hydroxyl groups is 1. The van der Waals surface area contributed by atoms with Crippen LogP contribution < -0.4 is 0 Å². The van der Waals surface area contributed by atoms with Crippen LogP contribution in [0.1, 0.15) is 32.1 Å². The highest BCUT2D eigenvalue weighted by Crippen LogP contribution is 2.60. The number of ketones is 1. The third-order valence-corrected chi connectivity index (χ3v) is 6.05. The standard InChI is InChI=1S/C13H18F2O6S/c14-13(15,22(18,19)20)7-21-6-11-1-8-3-12(17,5-11)4-9(2-11)10(8)16/h8-9,17H,1-7H2,(H,18,19,20). The number of hydrogen-bond donors (Lipinski definition) is 2. The Morgan fingerprint density at radius 1 is 1.23 bits per heavy atom. The third-order valence-electron chi connectivity index (χ3n) is 5.18. The van der Waals surface area contributed by atoms with Crippen molar-refractivity contribution in [1.82, 2.24) is 0 Å². The van der Waals surface area contributed by atoms with Gasteiger partial charge in [-0.05, 0) is 37.5 Å². The highest BCUT2D eigenvalue weighted by atomic mass is 32.2. The molecule has 0 radical (unpaired) electrons. The molecule has 4 bridgehead atoms. The summed E-state index contributed by atoms with van der Waals surface area (Å²) in [5.74, 6) is -0.405. The second-order valence-corrected chi connectivity index (χ2v) is 8.67. The van der Waals surface area contributed by atoms with E-state index in [4.69, 9.17) is 9.29 Å². The second-order valence-electron chi connectivity index (χ2n) is 7.12. The molecular formula is C13H18F2O6S. The Labute approximate surface area is 126 Å². The molecule has 0 spiro atoms. The molecule has 0 heterocycles. The number of alkyl halides is 2. The number of hydrogen-bond acceptors (Lipinski definition) is 5. The van der Waals surface area contributed by atoms with E-state index in [1.807, 2.05) is 0 Å². The first-order chi connectivity index (χ1) is 9.96. The monoisotopic (exact) mass is 340 g/mol. The van der Waals surface area contributed by atoms with Crippen molar-refractivity contribution in [3.63, 3.8) is 0 Å². The molecule has 4 rings (SSSR count). The first kappa shape index (κ1) is 16.2. The lowest BCUT2D eigenvalue weighted by atomic mass is 9.47. The molecule has 6 nitrogen and oxygen atoms in total. The molecule has 0 amide bonds. The summed E-state index contributed by atoms with van der Waals surface area (Å²) in [6.45, 7) is -1.59. The summed E-state index contributed by atoms with van der Waals surface area (Å²) in [7, 11) is -5.51. The van der Waals surface area contributed by atoms with Gasteiger partial charge in [0.05, 0.1) is 12.2 Å². The summed E-state index contributed by atoms with van der Waals surface area (Å²) in [5, 5.41) is 6.12. The van der Waals surface area contributed by atoms with Crippen molar-refractivity contribution in [2.45, 2.75) is 43.0 Å². The fraction of sp³-hybridized carbons (Fsp3) is 0.923. The molecule has 22 heavy (non-hydrogen) atoms. The normalized spacial score (nSPS) is 41.2. The van der Waals surface area contributed by atoms with Gasteiger partial charge in [0.25, 0.3) is 0 Å². The number of carbonyl (C=O) groups is 1. The molecule has 0 saturated heterocycles. The van der Waals surface area contributed by atoms with Crippen LogP contribution >= 0.6 is 0 Å². The zero-order valence-corrected chi connectivity index (χ0v) is 12.6. The molecule has 0 aromatic rings. The zero-order valence-electron chi connectivity index (χ0n) is 11.8. The van der Waals surface area contributed by atoms with Crippen LogP contribution in [0.2, 0.25) is 0 Å². The number of halogens is 2. The van der Waals surface area contributed by atoms with Crippen molar-refractivity contribution in [1.29, 1.82) is 0 Å². The first-order valence-electron chi connectivity index (χ1n) is 7.14. The van der Waals surface area contributed by atoms with Crippen molar-refractivity contribution in [2.24, 2.45) is 17.3 Å². The van der Waals surface area contributed by atoms with Gasteiger partial charge in [0.15, 0.2) is 0 Å². The van der Waals surface area contributed by atoms with Gasteiger partial charge in [-0.2, -0.15) is 17.2 Å². The van der Waals surface area contributed by atoms with Crippen molar-refractivity contribution in [2.75, 3.05) is 13.2 Å². The van der Waals surface area contributed by atoms with Crippen molar-refractivity contribution in [3.8, 4) is 0 Å². The van der Waals surface area contributed by atoms with Gasteiger partial charge in [-0.25, -0.2) is 0 Å². The molecule has 126 valence electrons. The van der Waals surface area contributed by atoms with E-state index in [0.29, 0.717) is 32.1 Å². The maximum Gasteiger partial charge on any atom is 0.392 e. The molecule has 0 aromatic heterocycles. The summed E-state index contributed by atoms with van der Waals surface area (Å²) < 4.78 is 60.7. The zero-order chi connectivity index (χ0) is 16.4. The average molecular weight is 340 g/mol. The molecule has 2 atom stereocenters. The highest BCUT2D eigenvalue weighted by molar-refractivity contribution is 7.86. The fourth-order valence-electron chi connectivity index (χ4n) is 4.63. The number of carbonyl (C=O) groups excluding carboxylic acids is 1. The lowest BCUT2D eigenvalue weighted by Gasteiger charge is -2.59. The minimum atomic E-state index is -5.51. The Morgan fingerprint density at radius 3 is 2.27 bits per heavy atom. The van der Waals surface area contributed by atoms with E-state index in [1.54, 1.807) is 0 Å². The van der Waals surface area contributed by atoms with Gasteiger partial charge < -0.3 is 9.84 Å². The van der Waals surface area contributed by atoms with Crippen LogP contribution in [0.25, 0.3) is 0 Å². The van der Waals surface area contributed by atoms with E-state index in [2.05, 4.69) is 0 Å². The van der Waals surface area contributed by atoms with E-state index in [-0.39, 0.29) is 24.2 Å². The highest BCUT2D eigenvalue weighted by Gasteiger charge is 2.61. The topological polar surface area (TPSA) is 101 Å². The Bertz CT molecular complexity index is 584. The molecule has 0 aliphatic heterocycles. The van der Waals surface area contributed by atoms with Crippen LogP contribution in [0.5, 0.6) is 0 Å². The SMILES string of the molecule is O=C1C2CC3(O)CC1CC(COCC(F)(F)S(=O)(=O)O)(C2)C3. The van der Waals surface area contributed by atoms with Crippen LogP contribution in [0.4, 0.5) is 8.78 Å². The number of Topliss-reactive ketones (excluding diaryl/α,β-unsaturated/α-hetero) is 1. The molecule has 4 aliphatic rings. The smallest absolute Gasteiger partial charge is 0.390 e. The molecule has 9 heteroatoms. The van der Waals surface area contributed by atoms with Gasteiger partial charge in [-0.15, -0.1) is 0 Å². The molecule has 4 fully saturated rings. The van der Waals surface area contributed by atoms with Gasteiger partial charge in [0.2, 0.25) is 0 Å². The molecular weight excluding hydrogens is 322 g/mol. The summed E-state index contributed by atoms with van der Waals surface area (Å²) in [4.78, 5) is 12.0. The van der Waals surface area contributed by atoms with Gasteiger partial charge in [-0.1, -0.05) is 0 Å². The van der Waals surface area contributed by atoms with Crippen LogP contribution in [-0.4, -0.2) is 47.9 Å². The molecule has 2 unspecified atom stereocenters. The van der Waals surface area contributed by atoms with Crippen molar-refractivity contribution >= 4 is 15.9 Å². The molecule has 4 aliphatic carbocycles. The Morgan fingerprint density at radius 2 is 1.77 bits per heavy atom. The minimum absolute atomic E-state index is 0.128.